The van der Waals surface area contributed by atoms with Gasteiger partial charge in [-0.25, -0.2) is 0 Å². The summed E-state index contributed by atoms with van der Waals surface area (Å²) in [5, 5.41) is 9.94. The minimum absolute atomic E-state index is 0.110. The lowest BCUT2D eigenvalue weighted by atomic mass is 9.87. The summed E-state index contributed by atoms with van der Waals surface area (Å²) in [5.74, 6) is 0.662. The van der Waals surface area contributed by atoms with Gasteiger partial charge in [-0.05, 0) is 40.8 Å². The molecule has 0 unspecified atom stereocenters. The predicted molar refractivity (Wildman–Crippen MR) is 66.3 cm³/mol. The van der Waals surface area contributed by atoms with Gasteiger partial charge in [0.05, 0.1) is 4.47 Å². The van der Waals surface area contributed by atoms with Crippen LogP contribution in [0.25, 0.3) is 0 Å². The summed E-state index contributed by atoms with van der Waals surface area (Å²) in [6.07, 6.45) is 1.93. The van der Waals surface area contributed by atoms with Crippen molar-refractivity contribution in [2.75, 3.05) is 13.2 Å². The molecule has 1 fully saturated rings. The lowest BCUT2D eigenvalue weighted by Crippen LogP contribution is -2.27. The summed E-state index contributed by atoms with van der Waals surface area (Å²) in [7, 11) is 0. The second kappa shape index (κ2) is 5.17. The zero-order chi connectivity index (χ0) is 11.5. The molecule has 1 atom stereocenters. The lowest BCUT2D eigenvalue weighted by molar-refractivity contribution is 0.0581. The van der Waals surface area contributed by atoms with Crippen LogP contribution < -0.4 is 5.73 Å². The number of para-hydroxylation sites is 1. The Kier molecular flexibility index (Phi) is 3.84. The third-order valence-electron chi connectivity index (χ3n) is 3.15. The molecule has 1 aromatic carbocycles. The molecule has 0 bridgehead atoms. The van der Waals surface area contributed by atoms with Crippen molar-refractivity contribution >= 4 is 15.9 Å². The van der Waals surface area contributed by atoms with Gasteiger partial charge in [-0.1, -0.05) is 12.1 Å². The van der Waals surface area contributed by atoms with E-state index in [1.807, 2.05) is 18.2 Å². The van der Waals surface area contributed by atoms with Crippen LogP contribution in [0.5, 0.6) is 5.75 Å². The molecule has 0 amide bonds. The highest BCUT2D eigenvalue weighted by Crippen LogP contribution is 2.36. The average molecular weight is 286 g/mol. The van der Waals surface area contributed by atoms with Crippen LogP contribution in [-0.4, -0.2) is 18.3 Å². The quantitative estimate of drug-likeness (QED) is 0.878. The van der Waals surface area contributed by atoms with Crippen molar-refractivity contribution in [2.45, 2.75) is 18.9 Å². The molecule has 88 valence electrons. The van der Waals surface area contributed by atoms with E-state index in [4.69, 9.17) is 10.5 Å². The first kappa shape index (κ1) is 11.9. The third kappa shape index (κ3) is 2.39. The molecule has 0 spiro atoms. The fourth-order valence-corrected chi connectivity index (χ4v) is 2.51. The van der Waals surface area contributed by atoms with Crippen molar-refractivity contribution in [3.8, 4) is 5.75 Å². The van der Waals surface area contributed by atoms with Crippen LogP contribution in [0.2, 0.25) is 0 Å². The van der Waals surface area contributed by atoms with E-state index in [-0.39, 0.29) is 11.8 Å². The lowest BCUT2D eigenvalue weighted by Gasteiger charge is -2.28. The molecule has 1 aromatic rings. The Morgan fingerprint density at radius 2 is 2.06 bits per heavy atom. The highest BCUT2D eigenvalue weighted by atomic mass is 79.9. The molecule has 0 radical (unpaired) electrons. The SMILES string of the molecule is N[C@H](c1cccc(Br)c1O)C1CCOCC1. The molecule has 4 heteroatoms. The van der Waals surface area contributed by atoms with Gasteiger partial charge in [0, 0.05) is 24.8 Å². The van der Waals surface area contributed by atoms with Crippen LogP contribution >= 0.6 is 15.9 Å². The van der Waals surface area contributed by atoms with Gasteiger partial charge in [-0.2, -0.15) is 0 Å². The second-order valence-electron chi connectivity index (χ2n) is 4.15. The maximum atomic E-state index is 9.94. The molecule has 1 aliphatic heterocycles. The molecule has 1 aliphatic rings. The maximum Gasteiger partial charge on any atom is 0.134 e. The van der Waals surface area contributed by atoms with E-state index >= 15 is 0 Å². The van der Waals surface area contributed by atoms with E-state index < -0.39 is 0 Å². The Morgan fingerprint density at radius 1 is 1.38 bits per heavy atom. The molecule has 3 N–H and O–H groups in total. The van der Waals surface area contributed by atoms with E-state index in [9.17, 15) is 5.11 Å². The van der Waals surface area contributed by atoms with E-state index in [0.717, 1.165) is 31.6 Å². The van der Waals surface area contributed by atoms with Gasteiger partial charge in [0.2, 0.25) is 0 Å². The molecule has 1 heterocycles. The van der Waals surface area contributed by atoms with Crippen LogP contribution in [-0.2, 0) is 4.74 Å². The molecule has 0 aromatic heterocycles. The highest BCUT2D eigenvalue weighted by Gasteiger charge is 2.24. The maximum absolute atomic E-state index is 9.94. The Morgan fingerprint density at radius 3 is 2.75 bits per heavy atom. The van der Waals surface area contributed by atoms with Gasteiger partial charge in [0.1, 0.15) is 5.75 Å². The molecule has 1 saturated heterocycles. The standard InChI is InChI=1S/C12H16BrNO2/c13-10-3-1-2-9(12(10)15)11(14)8-4-6-16-7-5-8/h1-3,8,11,15H,4-7,14H2/t11-/m0/s1. The van der Waals surface area contributed by atoms with Crippen LogP contribution in [0.15, 0.2) is 22.7 Å². The average Bonchev–Trinajstić information content (AvgIpc) is 2.33. The minimum atomic E-state index is -0.110. The van der Waals surface area contributed by atoms with Crippen molar-refractivity contribution in [1.82, 2.24) is 0 Å². The van der Waals surface area contributed by atoms with Gasteiger partial charge in [0.15, 0.2) is 0 Å². The normalized spacial score (nSPS) is 19.6. The monoisotopic (exact) mass is 285 g/mol. The minimum Gasteiger partial charge on any atom is -0.506 e. The molecular formula is C12H16BrNO2. The predicted octanol–water partition coefficient (Wildman–Crippen LogP) is 2.58. The largest absolute Gasteiger partial charge is 0.506 e. The van der Waals surface area contributed by atoms with Crippen LogP contribution in [0.1, 0.15) is 24.4 Å². The first-order valence-electron chi connectivity index (χ1n) is 5.51. The van der Waals surface area contributed by atoms with E-state index in [1.165, 1.54) is 0 Å². The first-order chi connectivity index (χ1) is 7.70. The van der Waals surface area contributed by atoms with Gasteiger partial charge < -0.3 is 15.6 Å². The van der Waals surface area contributed by atoms with Crippen LogP contribution in [0, 0.1) is 5.92 Å². The van der Waals surface area contributed by atoms with E-state index in [2.05, 4.69) is 15.9 Å². The van der Waals surface area contributed by atoms with Gasteiger partial charge in [-0.15, -0.1) is 0 Å². The third-order valence-corrected chi connectivity index (χ3v) is 3.79. The topological polar surface area (TPSA) is 55.5 Å². The van der Waals surface area contributed by atoms with Crippen molar-refractivity contribution in [1.29, 1.82) is 0 Å². The number of phenolic OH excluding ortho intramolecular Hbond substituents is 1. The Hall–Kier alpha value is -0.580. The van der Waals surface area contributed by atoms with Crippen molar-refractivity contribution in [3.05, 3.63) is 28.2 Å². The van der Waals surface area contributed by atoms with Gasteiger partial charge >= 0.3 is 0 Å². The van der Waals surface area contributed by atoms with Crippen molar-refractivity contribution in [3.63, 3.8) is 0 Å². The van der Waals surface area contributed by atoms with Gasteiger partial charge in [-0.3, -0.25) is 0 Å². The summed E-state index contributed by atoms with van der Waals surface area (Å²) in [6, 6.07) is 5.50. The highest BCUT2D eigenvalue weighted by molar-refractivity contribution is 9.10. The van der Waals surface area contributed by atoms with Crippen molar-refractivity contribution in [2.24, 2.45) is 11.7 Å². The fourth-order valence-electron chi connectivity index (χ4n) is 2.13. The molecule has 16 heavy (non-hydrogen) atoms. The molecule has 0 aliphatic carbocycles. The molecular weight excluding hydrogens is 270 g/mol. The Balaban J connectivity index is 2.19. The van der Waals surface area contributed by atoms with E-state index in [0.29, 0.717) is 10.4 Å². The summed E-state index contributed by atoms with van der Waals surface area (Å²) in [4.78, 5) is 0. The second-order valence-corrected chi connectivity index (χ2v) is 5.01. The number of ether oxygens (including phenoxy) is 1. The number of nitrogens with two attached hydrogens (primary N) is 1. The number of rotatable bonds is 2. The summed E-state index contributed by atoms with van der Waals surface area (Å²) >= 11 is 3.31. The molecule has 2 rings (SSSR count). The zero-order valence-corrected chi connectivity index (χ0v) is 10.6. The summed E-state index contributed by atoms with van der Waals surface area (Å²) in [5.41, 5.74) is 7.02. The molecule has 3 nitrogen and oxygen atoms in total. The van der Waals surface area contributed by atoms with Crippen LogP contribution in [0.4, 0.5) is 0 Å². The Labute approximate surface area is 104 Å². The number of hydrogen-bond donors (Lipinski definition) is 2. The smallest absolute Gasteiger partial charge is 0.134 e. The number of phenols is 1. The number of benzene rings is 1. The van der Waals surface area contributed by atoms with Crippen molar-refractivity contribution < 1.29 is 9.84 Å². The number of halogens is 1. The number of aromatic hydroxyl groups is 1. The molecule has 0 saturated carbocycles. The van der Waals surface area contributed by atoms with Crippen LogP contribution in [0.3, 0.4) is 0 Å². The van der Waals surface area contributed by atoms with Gasteiger partial charge in [0.25, 0.3) is 0 Å². The number of hydrogen-bond acceptors (Lipinski definition) is 3. The Bertz CT molecular complexity index is 364. The first-order valence-corrected chi connectivity index (χ1v) is 6.30. The van der Waals surface area contributed by atoms with E-state index in [1.54, 1.807) is 0 Å². The summed E-state index contributed by atoms with van der Waals surface area (Å²) in [6.45, 7) is 1.54. The summed E-state index contributed by atoms with van der Waals surface area (Å²) < 4.78 is 6.01. The zero-order valence-electron chi connectivity index (χ0n) is 9.03. The fraction of sp³-hybridized carbons (Fsp3) is 0.500.